The number of carbonyl (C=O) groups is 1. The van der Waals surface area contributed by atoms with E-state index in [4.69, 9.17) is 5.11 Å². The first-order valence-corrected chi connectivity index (χ1v) is 6.93. The summed E-state index contributed by atoms with van der Waals surface area (Å²) < 4.78 is 0. The zero-order valence-electron chi connectivity index (χ0n) is 12.4. The average molecular weight is 299 g/mol. The van der Waals surface area contributed by atoms with Crippen LogP contribution < -0.4 is 0 Å². The van der Waals surface area contributed by atoms with Crippen molar-refractivity contribution in [1.29, 1.82) is 0 Å². The Morgan fingerprint density at radius 3 is 2.91 bits per heavy atom. The number of H-pyrrole nitrogens is 2. The fourth-order valence-corrected chi connectivity index (χ4v) is 2.52. The Hall–Kier alpha value is -2.67. The van der Waals surface area contributed by atoms with Gasteiger partial charge in [0.1, 0.15) is 11.5 Å². The maximum absolute atomic E-state index is 11.1. The lowest BCUT2D eigenvalue weighted by molar-refractivity contribution is 0.0688. The van der Waals surface area contributed by atoms with Crippen molar-refractivity contribution in [2.75, 3.05) is 7.05 Å². The number of aromatic carboxylic acids is 1. The van der Waals surface area contributed by atoms with Gasteiger partial charge >= 0.3 is 5.97 Å². The van der Waals surface area contributed by atoms with Crippen LogP contribution in [-0.4, -0.2) is 43.2 Å². The molecular weight excluding hydrogens is 282 g/mol. The Balaban J connectivity index is 1.75. The van der Waals surface area contributed by atoms with Gasteiger partial charge in [-0.1, -0.05) is 12.1 Å². The van der Waals surface area contributed by atoms with E-state index in [-0.39, 0.29) is 5.69 Å². The third kappa shape index (κ3) is 2.71. The number of nitrogens with zero attached hydrogens (tertiary/aromatic N) is 3. The number of aromatic nitrogens is 4. The van der Waals surface area contributed by atoms with Crippen molar-refractivity contribution >= 4 is 17.0 Å². The largest absolute Gasteiger partial charge is 0.477 e. The highest BCUT2D eigenvalue weighted by Crippen LogP contribution is 2.17. The molecule has 7 nitrogen and oxygen atoms in total. The number of nitrogens with one attached hydrogen (secondary N) is 2. The minimum Gasteiger partial charge on any atom is -0.477 e. The van der Waals surface area contributed by atoms with Gasteiger partial charge in [0.2, 0.25) is 0 Å². The van der Waals surface area contributed by atoms with Gasteiger partial charge in [-0.15, -0.1) is 0 Å². The number of hydrogen-bond acceptors (Lipinski definition) is 4. The van der Waals surface area contributed by atoms with Crippen LogP contribution in [0.2, 0.25) is 0 Å². The quantitative estimate of drug-likeness (QED) is 0.668. The number of imidazole rings is 1. The summed E-state index contributed by atoms with van der Waals surface area (Å²) in [6, 6.07) is 6.02. The van der Waals surface area contributed by atoms with Crippen molar-refractivity contribution < 1.29 is 9.90 Å². The van der Waals surface area contributed by atoms with Crippen molar-refractivity contribution in [3.63, 3.8) is 0 Å². The molecule has 0 aliphatic heterocycles. The van der Waals surface area contributed by atoms with Gasteiger partial charge in [-0.3, -0.25) is 10.00 Å². The monoisotopic (exact) mass is 299 g/mol. The summed E-state index contributed by atoms with van der Waals surface area (Å²) in [5.41, 5.74) is 3.90. The van der Waals surface area contributed by atoms with E-state index < -0.39 is 5.97 Å². The van der Waals surface area contributed by atoms with E-state index in [9.17, 15) is 4.79 Å². The normalized spacial score (nSPS) is 11.4. The lowest BCUT2D eigenvalue weighted by Gasteiger charge is -2.14. The molecule has 2 heterocycles. The second-order valence-corrected chi connectivity index (χ2v) is 5.40. The van der Waals surface area contributed by atoms with Crippen LogP contribution >= 0.6 is 0 Å². The molecule has 7 heteroatoms. The number of aryl methyl sites for hydroxylation is 1. The summed E-state index contributed by atoms with van der Waals surface area (Å²) in [6.45, 7) is 3.10. The summed E-state index contributed by atoms with van der Waals surface area (Å²) >= 11 is 0. The van der Waals surface area contributed by atoms with Gasteiger partial charge in [0.25, 0.3) is 0 Å². The third-order valence-electron chi connectivity index (χ3n) is 3.56. The first kappa shape index (κ1) is 14.3. The molecule has 0 bridgehead atoms. The van der Waals surface area contributed by atoms with Gasteiger partial charge < -0.3 is 10.1 Å². The van der Waals surface area contributed by atoms with E-state index in [0.29, 0.717) is 18.7 Å². The van der Waals surface area contributed by atoms with Crippen LogP contribution in [0.5, 0.6) is 0 Å². The van der Waals surface area contributed by atoms with Crippen molar-refractivity contribution in [1.82, 2.24) is 25.1 Å². The molecule has 22 heavy (non-hydrogen) atoms. The van der Waals surface area contributed by atoms with Crippen LogP contribution in [0.1, 0.15) is 27.4 Å². The molecule has 0 saturated heterocycles. The maximum Gasteiger partial charge on any atom is 0.354 e. The highest BCUT2D eigenvalue weighted by molar-refractivity contribution is 5.86. The highest BCUT2D eigenvalue weighted by Gasteiger charge is 2.15. The maximum atomic E-state index is 11.1. The van der Waals surface area contributed by atoms with Crippen molar-refractivity contribution in [3.8, 4) is 0 Å². The van der Waals surface area contributed by atoms with E-state index in [2.05, 4.69) is 20.2 Å². The number of aromatic amines is 2. The van der Waals surface area contributed by atoms with E-state index in [1.807, 2.05) is 37.1 Å². The zero-order chi connectivity index (χ0) is 15.7. The number of benzene rings is 1. The van der Waals surface area contributed by atoms with Gasteiger partial charge in [0.05, 0.1) is 23.8 Å². The molecule has 0 aliphatic rings. The molecule has 0 atom stereocenters. The lowest BCUT2D eigenvalue weighted by Crippen LogP contribution is -2.19. The predicted molar refractivity (Wildman–Crippen MR) is 81.5 cm³/mol. The summed E-state index contributed by atoms with van der Waals surface area (Å²) in [6.07, 6.45) is 1.54. The lowest BCUT2D eigenvalue weighted by atomic mass is 10.2. The van der Waals surface area contributed by atoms with Gasteiger partial charge in [0.15, 0.2) is 0 Å². The highest BCUT2D eigenvalue weighted by atomic mass is 16.4. The number of carboxylic acids is 1. The van der Waals surface area contributed by atoms with Crippen molar-refractivity contribution in [2.24, 2.45) is 0 Å². The molecule has 0 amide bonds. The van der Waals surface area contributed by atoms with Crippen LogP contribution in [0.15, 0.2) is 24.4 Å². The van der Waals surface area contributed by atoms with Crippen molar-refractivity contribution in [2.45, 2.75) is 20.0 Å². The summed E-state index contributed by atoms with van der Waals surface area (Å²) in [7, 11) is 1.92. The summed E-state index contributed by atoms with van der Waals surface area (Å²) in [5, 5.41) is 15.4. The Morgan fingerprint density at radius 2 is 2.18 bits per heavy atom. The van der Waals surface area contributed by atoms with Gasteiger partial charge in [-0.05, 0) is 25.6 Å². The van der Waals surface area contributed by atoms with Crippen LogP contribution in [0.3, 0.4) is 0 Å². The second-order valence-electron chi connectivity index (χ2n) is 5.40. The summed E-state index contributed by atoms with van der Waals surface area (Å²) in [4.78, 5) is 21.0. The molecule has 1 aromatic carbocycles. The molecule has 0 radical (unpaired) electrons. The van der Waals surface area contributed by atoms with Crippen LogP contribution in [0.4, 0.5) is 0 Å². The standard InChI is InChI=1S/C15H17N5O2/c1-9-4-3-5-11-13(9)18-12(17-11)8-20(2)7-10-6-16-19-14(10)15(21)22/h3-6H,7-8H2,1-2H3,(H,16,19)(H,17,18)(H,21,22). The minimum atomic E-state index is -1.000. The summed E-state index contributed by atoms with van der Waals surface area (Å²) in [5.74, 6) is -0.146. The van der Waals surface area contributed by atoms with Crippen LogP contribution in [0, 0.1) is 6.92 Å². The molecule has 3 aromatic rings. The fraction of sp³-hybridized carbons (Fsp3) is 0.267. The van der Waals surface area contributed by atoms with E-state index >= 15 is 0 Å². The molecule has 0 spiro atoms. The number of carboxylic acid groups (broad SMARTS) is 1. The first-order valence-electron chi connectivity index (χ1n) is 6.93. The Labute approximate surface area is 127 Å². The van der Waals surface area contributed by atoms with E-state index in [1.54, 1.807) is 6.20 Å². The Morgan fingerprint density at radius 1 is 1.36 bits per heavy atom. The first-order chi connectivity index (χ1) is 10.5. The molecule has 2 aromatic heterocycles. The number of para-hydroxylation sites is 1. The number of rotatable bonds is 5. The van der Waals surface area contributed by atoms with Gasteiger partial charge in [-0.2, -0.15) is 5.10 Å². The second kappa shape index (κ2) is 5.61. The molecule has 0 fully saturated rings. The minimum absolute atomic E-state index is 0.132. The van der Waals surface area contributed by atoms with Crippen LogP contribution in [-0.2, 0) is 13.1 Å². The number of fused-ring (bicyclic) bond motifs is 1. The van der Waals surface area contributed by atoms with E-state index in [0.717, 1.165) is 22.4 Å². The zero-order valence-corrected chi connectivity index (χ0v) is 12.4. The fourth-order valence-electron chi connectivity index (χ4n) is 2.52. The molecule has 114 valence electrons. The van der Waals surface area contributed by atoms with E-state index in [1.165, 1.54) is 0 Å². The average Bonchev–Trinajstić information content (AvgIpc) is 3.05. The molecule has 3 N–H and O–H groups in total. The molecule has 3 rings (SSSR count). The molecule has 0 saturated carbocycles. The SMILES string of the molecule is Cc1cccc2[nH]c(CN(C)Cc3cn[nH]c3C(=O)O)nc12. The molecule has 0 unspecified atom stereocenters. The predicted octanol–water partition coefficient (Wildman–Crippen LogP) is 1.92. The van der Waals surface area contributed by atoms with Gasteiger partial charge in [0, 0.05) is 12.1 Å². The van der Waals surface area contributed by atoms with Gasteiger partial charge in [-0.25, -0.2) is 9.78 Å². The van der Waals surface area contributed by atoms with Crippen LogP contribution in [0.25, 0.3) is 11.0 Å². The molecular formula is C15H17N5O2. The Kier molecular flexibility index (Phi) is 3.64. The smallest absolute Gasteiger partial charge is 0.354 e. The van der Waals surface area contributed by atoms with Crippen molar-refractivity contribution in [3.05, 3.63) is 47.0 Å². The number of hydrogen-bond donors (Lipinski definition) is 3. The third-order valence-corrected chi connectivity index (χ3v) is 3.56. The topological polar surface area (TPSA) is 97.9 Å². The molecule has 0 aliphatic carbocycles. The Bertz CT molecular complexity index is 820.